The molecule has 0 spiro atoms. The lowest BCUT2D eigenvalue weighted by molar-refractivity contribution is 0.170. The maximum absolute atomic E-state index is 6.03. The predicted molar refractivity (Wildman–Crippen MR) is 69.3 cm³/mol. The molecule has 1 saturated carbocycles. The maximum atomic E-state index is 6.03. The lowest BCUT2D eigenvalue weighted by Crippen LogP contribution is -2.38. The van der Waals surface area contributed by atoms with Crippen LogP contribution in [0.3, 0.4) is 0 Å². The molecule has 17 heavy (non-hydrogen) atoms. The minimum absolute atomic E-state index is 0.166. The van der Waals surface area contributed by atoms with Gasteiger partial charge in [-0.3, -0.25) is 0 Å². The lowest BCUT2D eigenvalue weighted by Gasteiger charge is -2.40. The van der Waals surface area contributed by atoms with Crippen LogP contribution in [0.2, 0.25) is 0 Å². The van der Waals surface area contributed by atoms with Crippen molar-refractivity contribution in [3.63, 3.8) is 0 Å². The van der Waals surface area contributed by atoms with Gasteiger partial charge in [-0.25, -0.2) is 9.97 Å². The van der Waals surface area contributed by atoms with Crippen molar-refractivity contribution in [3.8, 4) is 0 Å². The average molecular weight is 250 g/mol. The fourth-order valence-electron chi connectivity index (χ4n) is 2.71. The van der Waals surface area contributed by atoms with Crippen molar-refractivity contribution in [3.05, 3.63) is 23.7 Å². The molecule has 1 aliphatic rings. The minimum atomic E-state index is 0.166. The quantitative estimate of drug-likeness (QED) is 0.764. The summed E-state index contributed by atoms with van der Waals surface area (Å²) >= 11 is 6.03. The molecule has 0 N–H and O–H groups in total. The largest absolute Gasteiger partial charge is 0.306 e. The Bertz CT molecular complexity index is 569. The van der Waals surface area contributed by atoms with Gasteiger partial charge in [0.15, 0.2) is 5.65 Å². The van der Waals surface area contributed by atoms with Crippen LogP contribution in [0.1, 0.15) is 37.6 Å². The summed E-state index contributed by atoms with van der Waals surface area (Å²) in [6.45, 7) is 4.35. The van der Waals surface area contributed by atoms with Crippen molar-refractivity contribution < 1.29 is 0 Å². The highest BCUT2D eigenvalue weighted by Gasteiger charge is 2.37. The molecule has 2 heterocycles. The highest BCUT2D eigenvalue weighted by atomic mass is 35.5. The molecule has 0 amide bonds. The number of fused-ring (bicyclic) bond motifs is 1. The second kappa shape index (κ2) is 3.70. The molecule has 1 fully saturated rings. The van der Waals surface area contributed by atoms with Gasteiger partial charge in [0.05, 0.1) is 5.88 Å². The number of hydrogen-bond acceptors (Lipinski definition) is 2. The first-order chi connectivity index (χ1) is 8.15. The van der Waals surface area contributed by atoms with Crippen LogP contribution in [0.5, 0.6) is 0 Å². The highest BCUT2D eigenvalue weighted by Crippen LogP contribution is 2.41. The monoisotopic (exact) mass is 249 g/mol. The molecule has 2 aromatic rings. The van der Waals surface area contributed by atoms with Gasteiger partial charge in [-0.1, -0.05) is 0 Å². The Morgan fingerprint density at radius 2 is 2.24 bits per heavy atom. The number of aromatic nitrogens is 3. The summed E-state index contributed by atoms with van der Waals surface area (Å²) in [4.78, 5) is 9.15. The van der Waals surface area contributed by atoms with Gasteiger partial charge in [0, 0.05) is 11.7 Å². The van der Waals surface area contributed by atoms with Crippen LogP contribution in [-0.4, -0.2) is 14.5 Å². The van der Waals surface area contributed by atoms with E-state index in [1.807, 2.05) is 12.3 Å². The normalized spacial score (nSPS) is 18.3. The summed E-state index contributed by atoms with van der Waals surface area (Å²) < 4.78 is 2.26. The van der Waals surface area contributed by atoms with E-state index in [0.717, 1.165) is 17.0 Å². The van der Waals surface area contributed by atoms with E-state index in [1.54, 1.807) is 0 Å². The van der Waals surface area contributed by atoms with Crippen molar-refractivity contribution in [1.29, 1.82) is 0 Å². The minimum Gasteiger partial charge on any atom is -0.306 e. The van der Waals surface area contributed by atoms with E-state index in [0.29, 0.717) is 5.88 Å². The van der Waals surface area contributed by atoms with E-state index in [2.05, 4.69) is 28.4 Å². The third kappa shape index (κ3) is 1.48. The second-order valence-electron chi connectivity index (χ2n) is 5.15. The lowest BCUT2D eigenvalue weighted by atomic mass is 9.78. The Kier molecular flexibility index (Phi) is 2.40. The highest BCUT2D eigenvalue weighted by molar-refractivity contribution is 6.16. The maximum Gasteiger partial charge on any atom is 0.160 e. The first-order valence-electron chi connectivity index (χ1n) is 6.05. The summed E-state index contributed by atoms with van der Waals surface area (Å²) in [6.07, 6.45) is 5.52. The number of halogens is 1. The molecule has 3 rings (SSSR count). The zero-order valence-electron chi connectivity index (χ0n) is 10.2. The SMILES string of the molecule is Cc1ccnc2c1nc(CCl)n2C1(C)CCC1. The summed E-state index contributed by atoms with van der Waals surface area (Å²) in [7, 11) is 0. The second-order valence-corrected chi connectivity index (χ2v) is 5.41. The molecule has 2 aromatic heterocycles. The predicted octanol–water partition coefficient (Wildman–Crippen LogP) is 3.38. The summed E-state index contributed by atoms with van der Waals surface area (Å²) in [5.41, 5.74) is 3.32. The van der Waals surface area contributed by atoms with E-state index in [1.165, 1.54) is 24.8 Å². The summed E-state index contributed by atoms with van der Waals surface area (Å²) in [6, 6.07) is 2.00. The van der Waals surface area contributed by atoms with Gasteiger partial charge in [-0.15, -0.1) is 11.6 Å². The summed E-state index contributed by atoms with van der Waals surface area (Å²) in [5.74, 6) is 1.40. The standard InChI is InChI=1S/C13H16ClN3/c1-9-4-7-15-12-11(9)16-10(8-14)17(12)13(2)5-3-6-13/h4,7H,3,5-6,8H2,1-2H3. The smallest absolute Gasteiger partial charge is 0.160 e. The Labute approximate surface area is 106 Å². The average Bonchev–Trinajstić information content (AvgIpc) is 2.66. The van der Waals surface area contributed by atoms with Crippen molar-refractivity contribution in [2.24, 2.45) is 0 Å². The number of nitrogens with zero attached hydrogens (tertiary/aromatic N) is 3. The van der Waals surface area contributed by atoms with E-state index < -0.39 is 0 Å². The van der Waals surface area contributed by atoms with Crippen molar-refractivity contribution in [1.82, 2.24) is 14.5 Å². The van der Waals surface area contributed by atoms with Crippen LogP contribution in [0.4, 0.5) is 0 Å². The Hall–Kier alpha value is -1.09. The van der Waals surface area contributed by atoms with Crippen LogP contribution >= 0.6 is 11.6 Å². The van der Waals surface area contributed by atoms with Crippen molar-refractivity contribution in [2.45, 2.75) is 44.5 Å². The number of rotatable bonds is 2. The fraction of sp³-hybridized carbons (Fsp3) is 0.538. The van der Waals surface area contributed by atoms with Gasteiger partial charge < -0.3 is 4.57 Å². The Balaban J connectivity index is 2.31. The molecule has 0 radical (unpaired) electrons. The number of hydrogen-bond donors (Lipinski definition) is 0. The third-order valence-electron chi connectivity index (χ3n) is 3.91. The third-order valence-corrected chi connectivity index (χ3v) is 4.15. The zero-order chi connectivity index (χ0) is 12.0. The van der Waals surface area contributed by atoms with Crippen LogP contribution in [0.25, 0.3) is 11.2 Å². The number of imidazole rings is 1. The zero-order valence-corrected chi connectivity index (χ0v) is 11.0. The van der Waals surface area contributed by atoms with Crippen LogP contribution in [-0.2, 0) is 11.4 Å². The number of aryl methyl sites for hydroxylation is 1. The van der Waals surface area contributed by atoms with Gasteiger partial charge in [0.1, 0.15) is 11.3 Å². The molecule has 1 aliphatic carbocycles. The molecular weight excluding hydrogens is 234 g/mol. The van der Waals surface area contributed by atoms with Crippen LogP contribution in [0.15, 0.2) is 12.3 Å². The van der Waals surface area contributed by atoms with E-state index in [-0.39, 0.29) is 5.54 Å². The molecule has 0 aromatic carbocycles. The van der Waals surface area contributed by atoms with Gasteiger partial charge in [-0.2, -0.15) is 0 Å². The van der Waals surface area contributed by atoms with Crippen molar-refractivity contribution in [2.75, 3.05) is 0 Å². The molecule has 0 aliphatic heterocycles. The Morgan fingerprint density at radius 1 is 1.47 bits per heavy atom. The molecule has 0 bridgehead atoms. The fourth-order valence-corrected chi connectivity index (χ4v) is 2.89. The van der Waals surface area contributed by atoms with Crippen LogP contribution in [0, 0.1) is 6.92 Å². The first kappa shape index (κ1) is 11.0. The van der Waals surface area contributed by atoms with Gasteiger partial charge in [0.25, 0.3) is 0 Å². The number of alkyl halides is 1. The van der Waals surface area contributed by atoms with E-state index in [4.69, 9.17) is 11.6 Å². The molecular formula is C13H16ClN3. The van der Waals surface area contributed by atoms with Gasteiger partial charge in [0.2, 0.25) is 0 Å². The topological polar surface area (TPSA) is 30.7 Å². The van der Waals surface area contributed by atoms with Gasteiger partial charge in [-0.05, 0) is 44.7 Å². The van der Waals surface area contributed by atoms with Crippen LogP contribution < -0.4 is 0 Å². The summed E-state index contributed by atoms with van der Waals surface area (Å²) in [5, 5.41) is 0. The molecule has 0 atom stereocenters. The van der Waals surface area contributed by atoms with Gasteiger partial charge >= 0.3 is 0 Å². The Morgan fingerprint density at radius 3 is 2.82 bits per heavy atom. The van der Waals surface area contributed by atoms with E-state index >= 15 is 0 Å². The van der Waals surface area contributed by atoms with Crippen molar-refractivity contribution >= 4 is 22.8 Å². The molecule has 0 saturated heterocycles. The molecule has 0 unspecified atom stereocenters. The number of pyridine rings is 1. The van der Waals surface area contributed by atoms with E-state index in [9.17, 15) is 0 Å². The first-order valence-corrected chi connectivity index (χ1v) is 6.58. The molecule has 90 valence electrons. The molecule has 3 nitrogen and oxygen atoms in total. The molecule has 4 heteroatoms.